The molecule has 0 aromatic heterocycles. The fourth-order valence-corrected chi connectivity index (χ4v) is 3.35. The lowest BCUT2D eigenvalue weighted by atomic mass is 10.0. The van der Waals surface area contributed by atoms with E-state index in [2.05, 4.69) is 12.1 Å². The van der Waals surface area contributed by atoms with Crippen molar-refractivity contribution in [3.05, 3.63) is 34.9 Å². The summed E-state index contributed by atoms with van der Waals surface area (Å²) in [5.74, 6) is 0.168. The van der Waals surface area contributed by atoms with Gasteiger partial charge in [0, 0.05) is 25.2 Å². The number of hydrogen-bond donors (Lipinski definition) is 1. The zero-order chi connectivity index (χ0) is 14.7. The molecule has 1 saturated heterocycles. The summed E-state index contributed by atoms with van der Waals surface area (Å²) >= 11 is 0. The van der Waals surface area contributed by atoms with Crippen LogP contribution in [0.3, 0.4) is 0 Å². The van der Waals surface area contributed by atoms with Crippen LogP contribution in [-0.4, -0.2) is 43.2 Å². The summed E-state index contributed by atoms with van der Waals surface area (Å²) in [6, 6.07) is 6.22. The lowest BCUT2D eigenvalue weighted by molar-refractivity contribution is 0.0122. The van der Waals surface area contributed by atoms with Gasteiger partial charge in [0.05, 0.1) is 12.7 Å². The average Bonchev–Trinajstić information content (AvgIpc) is 3.00. The maximum Gasteiger partial charge on any atom is 0.253 e. The molecular weight excluding hydrogens is 264 g/mol. The van der Waals surface area contributed by atoms with Crippen LogP contribution < -0.4 is 5.73 Å². The Morgan fingerprint density at radius 1 is 1.24 bits per heavy atom. The van der Waals surface area contributed by atoms with Crippen LogP contribution >= 0.6 is 0 Å². The molecule has 4 heteroatoms. The Morgan fingerprint density at radius 2 is 2.00 bits per heavy atom. The number of piperidine rings is 1. The van der Waals surface area contributed by atoms with Crippen molar-refractivity contribution in [3.8, 4) is 0 Å². The second kappa shape index (κ2) is 6.58. The first-order valence-corrected chi connectivity index (χ1v) is 8.00. The summed E-state index contributed by atoms with van der Waals surface area (Å²) < 4.78 is 5.66. The van der Waals surface area contributed by atoms with Crippen LogP contribution in [0.2, 0.25) is 0 Å². The Morgan fingerprint density at radius 3 is 2.76 bits per heavy atom. The number of hydrogen-bond acceptors (Lipinski definition) is 3. The van der Waals surface area contributed by atoms with Crippen LogP contribution in [0, 0.1) is 0 Å². The Labute approximate surface area is 126 Å². The third kappa shape index (κ3) is 3.27. The van der Waals surface area contributed by atoms with Crippen LogP contribution in [0.5, 0.6) is 0 Å². The summed E-state index contributed by atoms with van der Waals surface area (Å²) in [7, 11) is 0. The number of aryl methyl sites for hydroxylation is 2. The molecule has 1 aromatic rings. The molecule has 0 spiro atoms. The minimum atomic E-state index is 0.168. The summed E-state index contributed by atoms with van der Waals surface area (Å²) in [6.45, 7) is 2.74. The third-order valence-electron chi connectivity index (χ3n) is 4.55. The van der Waals surface area contributed by atoms with Gasteiger partial charge in [0.1, 0.15) is 0 Å². The maximum absolute atomic E-state index is 12.6. The molecule has 1 heterocycles. The number of nitrogens with zero attached hydrogens (tertiary/aromatic N) is 1. The highest BCUT2D eigenvalue weighted by molar-refractivity contribution is 5.94. The maximum atomic E-state index is 12.6. The molecule has 1 aliphatic carbocycles. The van der Waals surface area contributed by atoms with E-state index in [1.54, 1.807) is 0 Å². The van der Waals surface area contributed by atoms with E-state index in [0.29, 0.717) is 13.2 Å². The van der Waals surface area contributed by atoms with Crippen molar-refractivity contribution in [2.75, 3.05) is 26.2 Å². The van der Waals surface area contributed by atoms with Gasteiger partial charge in [0.2, 0.25) is 0 Å². The zero-order valence-corrected chi connectivity index (χ0v) is 12.5. The highest BCUT2D eigenvalue weighted by atomic mass is 16.5. The second-order valence-corrected chi connectivity index (χ2v) is 5.99. The van der Waals surface area contributed by atoms with Gasteiger partial charge in [-0.2, -0.15) is 0 Å². The topological polar surface area (TPSA) is 55.6 Å². The Balaban J connectivity index is 1.59. The van der Waals surface area contributed by atoms with E-state index < -0.39 is 0 Å². The van der Waals surface area contributed by atoms with Gasteiger partial charge in [-0.3, -0.25) is 4.79 Å². The average molecular weight is 288 g/mol. The molecule has 1 aliphatic heterocycles. The first kappa shape index (κ1) is 14.5. The third-order valence-corrected chi connectivity index (χ3v) is 4.55. The molecule has 0 radical (unpaired) electrons. The molecule has 21 heavy (non-hydrogen) atoms. The van der Waals surface area contributed by atoms with Crippen LogP contribution in [-0.2, 0) is 17.6 Å². The Bertz CT molecular complexity index is 508. The fourth-order valence-electron chi connectivity index (χ4n) is 3.35. The summed E-state index contributed by atoms with van der Waals surface area (Å²) in [4.78, 5) is 14.5. The van der Waals surface area contributed by atoms with Crippen molar-refractivity contribution >= 4 is 5.91 Å². The van der Waals surface area contributed by atoms with E-state index in [-0.39, 0.29) is 12.0 Å². The first-order chi connectivity index (χ1) is 10.3. The molecule has 4 nitrogen and oxygen atoms in total. The molecule has 2 aliphatic rings. The molecule has 0 unspecified atom stereocenters. The molecule has 0 bridgehead atoms. The van der Waals surface area contributed by atoms with Gasteiger partial charge < -0.3 is 15.4 Å². The standard InChI is InChI=1S/C17H24N2O2/c18-8-11-21-16-6-9-19(10-7-16)17(20)15-5-4-13-2-1-3-14(13)12-15/h4-5,12,16H,1-3,6-11,18H2. The fraction of sp³-hybridized carbons (Fsp3) is 0.588. The van der Waals surface area contributed by atoms with Crippen molar-refractivity contribution in [2.24, 2.45) is 5.73 Å². The number of rotatable bonds is 4. The van der Waals surface area contributed by atoms with Gasteiger partial charge >= 0.3 is 0 Å². The number of carbonyl (C=O) groups excluding carboxylic acids is 1. The molecule has 1 fully saturated rings. The number of nitrogens with two attached hydrogens (primary N) is 1. The largest absolute Gasteiger partial charge is 0.377 e. The van der Waals surface area contributed by atoms with Gasteiger partial charge in [-0.15, -0.1) is 0 Å². The summed E-state index contributed by atoms with van der Waals surface area (Å²) in [5, 5.41) is 0. The van der Waals surface area contributed by atoms with Gasteiger partial charge in [-0.25, -0.2) is 0 Å². The molecule has 114 valence electrons. The normalized spacial score (nSPS) is 18.8. The molecule has 3 rings (SSSR count). The predicted octanol–water partition coefficient (Wildman–Crippen LogP) is 1.76. The molecule has 1 amide bonds. The van der Waals surface area contributed by atoms with E-state index in [1.165, 1.54) is 17.5 Å². The van der Waals surface area contributed by atoms with E-state index in [9.17, 15) is 4.79 Å². The number of likely N-dealkylation sites (tertiary alicyclic amines) is 1. The SMILES string of the molecule is NCCOC1CCN(C(=O)c2ccc3c(c2)CCC3)CC1. The minimum absolute atomic E-state index is 0.168. The quantitative estimate of drug-likeness (QED) is 0.918. The molecule has 0 atom stereocenters. The number of fused-ring (bicyclic) bond motifs is 1. The van der Waals surface area contributed by atoms with Crippen molar-refractivity contribution in [1.29, 1.82) is 0 Å². The van der Waals surface area contributed by atoms with Crippen LogP contribution in [0.25, 0.3) is 0 Å². The van der Waals surface area contributed by atoms with E-state index >= 15 is 0 Å². The van der Waals surface area contributed by atoms with Crippen LogP contribution in [0.15, 0.2) is 18.2 Å². The second-order valence-electron chi connectivity index (χ2n) is 5.99. The zero-order valence-electron chi connectivity index (χ0n) is 12.5. The number of benzene rings is 1. The van der Waals surface area contributed by atoms with Gasteiger partial charge in [-0.05, 0) is 55.4 Å². The monoisotopic (exact) mass is 288 g/mol. The first-order valence-electron chi connectivity index (χ1n) is 8.00. The smallest absolute Gasteiger partial charge is 0.253 e. The lowest BCUT2D eigenvalue weighted by Crippen LogP contribution is -2.41. The number of carbonyl (C=O) groups is 1. The highest BCUT2D eigenvalue weighted by Crippen LogP contribution is 2.24. The molecule has 2 N–H and O–H groups in total. The van der Waals surface area contributed by atoms with Gasteiger partial charge in [0.25, 0.3) is 5.91 Å². The van der Waals surface area contributed by atoms with Crippen LogP contribution in [0.1, 0.15) is 40.7 Å². The Hall–Kier alpha value is -1.39. The van der Waals surface area contributed by atoms with E-state index in [0.717, 1.165) is 44.3 Å². The van der Waals surface area contributed by atoms with Gasteiger partial charge in [-0.1, -0.05) is 6.07 Å². The number of ether oxygens (including phenoxy) is 1. The Kier molecular flexibility index (Phi) is 4.56. The lowest BCUT2D eigenvalue weighted by Gasteiger charge is -2.32. The molecular formula is C17H24N2O2. The van der Waals surface area contributed by atoms with Crippen molar-refractivity contribution in [1.82, 2.24) is 4.90 Å². The summed E-state index contributed by atoms with van der Waals surface area (Å²) in [5.41, 5.74) is 9.08. The minimum Gasteiger partial charge on any atom is -0.377 e. The van der Waals surface area contributed by atoms with Crippen molar-refractivity contribution < 1.29 is 9.53 Å². The summed E-state index contributed by atoms with van der Waals surface area (Å²) in [6.07, 6.45) is 5.58. The van der Waals surface area contributed by atoms with Crippen molar-refractivity contribution in [2.45, 2.75) is 38.2 Å². The number of amides is 1. The highest BCUT2D eigenvalue weighted by Gasteiger charge is 2.24. The van der Waals surface area contributed by atoms with Crippen LogP contribution in [0.4, 0.5) is 0 Å². The molecule has 0 saturated carbocycles. The molecule has 1 aromatic carbocycles. The van der Waals surface area contributed by atoms with E-state index in [1.807, 2.05) is 11.0 Å². The van der Waals surface area contributed by atoms with Gasteiger partial charge in [0.15, 0.2) is 0 Å². The van der Waals surface area contributed by atoms with Crippen molar-refractivity contribution in [3.63, 3.8) is 0 Å². The van der Waals surface area contributed by atoms with E-state index in [4.69, 9.17) is 10.5 Å². The predicted molar refractivity (Wildman–Crippen MR) is 82.4 cm³/mol.